The Morgan fingerprint density at radius 2 is 1.96 bits per heavy atom. The highest BCUT2D eigenvalue weighted by molar-refractivity contribution is 5.76. The molecule has 1 saturated carbocycles. The van der Waals surface area contributed by atoms with Crippen LogP contribution in [0.15, 0.2) is 34.9 Å². The summed E-state index contributed by atoms with van der Waals surface area (Å²) in [4.78, 5) is 18.5. The molecule has 128 valence electrons. The first kappa shape index (κ1) is 16.7. The standard InChI is InChI=1S/C19H23FN2O2/c1-22(16-5-3-2-4-6-16)19(23)12-11-18-21-13-17(24-18)14-7-9-15(20)10-8-14/h7-10,13,16H,2-6,11-12H2,1H3. The normalized spacial score (nSPS) is 15.4. The van der Waals surface area contributed by atoms with E-state index in [1.54, 1.807) is 18.3 Å². The van der Waals surface area contributed by atoms with Crippen LogP contribution in [0, 0.1) is 5.82 Å². The van der Waals surface area contributed by atoms with Crippen LogP contribution in [0.4, 0.5) is 4.39 Å². The summed E-state index contributed by atoms with van der Waals surface area (Å²) >= 11 is 0. The van der Waals surface area contributed by atoms with Gasteiger partial charge in [0.2, 0.25) is 5.91 Å². The largest absolute Gasteiger partial charge is 0.441 e. The van der Waals surface area contributed by atoms with Crippen LogP contribution in [0.25, 0.3) is 11.3 Å². The van der Waals surface area contributed by atoms with Crippen molar-refractivity contribution in [2.24, 2.45) is 0 Å². The summed E-state index contributed by atoms with van der Waals surface area (Å²) in [6.45, 7) is 0. The summed E-state index contributed by atoms with van der Waals surface area (Å²) in [5, 5.41) is 0. The lowest BCUT2D eigenvalue weighted by molar-refractivity contribution is -0.132. The second-order valence-corrected chi connectivity index (χ2v) is 6.42. The lowest BCUT2D eigenvalue weighted by Gasteiger charge is -2.31. The van der Waals surface area contributed by atoms with E-state index in [9.17, 15) is 9.18 Å². The van der Waals surface area contributed by atoms with E-state index in [0.29, 0.717) is 30.5 Å². The number of nitrogens with zero attached hydrogens (tertiary/aromatic N) is 2. The number of rotatable bonds is 5. The quantitative estimate of drug-likeness (QED) is 0.825. The van der Waals surface area contributed by atoms with E-state index in [4.69, 9.17) is 4.42 Å². The number of carbonyl (C=O) groups excluding carboxylic acids is 1. The van der Waals surface area contributed by atoms with Crippen LogP contribution in [0.3, 0.4) is 0 Å². The lowest BCUT2D eigenvalue weighted by Crippen LogP contribution is -2.38. The van der Waals surface area contributed by atoms with Crippen molar-refractivity contribution < 1.29 is 13.6 Å². The first-order valence-corrected chi connectivity index (χ1v) is 8.60. The van der Waals surface area contributed by atoms with Crippen molar-refractivity contribution in [1.29, 1.82) is 0 Å². The van der Waals surface area contributed by atoms with Crippen molar-refractivity contribution in [2.45, 2.75) is 51.0 Å². The van der Waals surface area contributed by atoms with Gasteiger partial charge in [0.25, 0.3) is 0 Å². The van der Waals surface area contributed by atoms with Gasteiger partial charge in [-0.2, -0.15) is 0 Å². The van der Waals surface area contributed by atoms with Gasteiger partial charge in [-0.3, -0.25) is 4.79 Å². The van der Waals surface area contributed by atoms with Gasteiger partial charge in [0, 0.05) is 31.5 Å². The molecular weight excluding hydrogens is 307 g/mol. The minimum atomic E-state index is -0.283. The highest BCUT2D eigenvalue weighted by Crippen LogP contribution is 2.23. The van der Waals surface area contributed by atoms with Gasteiger partial charge in [-0.15, -0.1) is 0 Å². The Labute approximate surface area is 141 Å². The summed E-state index contributed by atoms with van der Waals surface area (Å²) in [5.41, 5.74) is 0.779. The molecule has 1 aromatic heterocycles. The number of oxazole rings is 1. The number of halogens is 1. The van der Waals surface area contributed by atoms with E-state index < -0.39 is 0 Å². The van der Waals surface area contributed by atoms with E-state index >= 15 is 0 Å². The minimum absolute atomic E-state index is 0.142. The maximum atomic E-state index is 13.0. The van der Waals surface area contributed by atoms with Gasteiger partial charge < -0.3 is 9.32 Å². The molecule has 0 spiro atoms. The highest BCUT2D eigenvalue weighted by Gasteiger charge is 2.22. The van der Waals surface area contributed by atoms with Crippen LogP contribution in [0.5, 0.6) is 0 Å². The molecule has 0 atom stereocenters. The molecule has 0 bridgehead atoms. The molecule has 24 heavy (non-hydrogen) atoms. The smallest absolute Gasteiger partial charge is 0.223 e. The number of hydrogen-bond acceptors (Lipinski definition) is 3. The maximum Gasteiger partial charge on any atom is 0.223 e. The average molecular weight is 330 g/mol. The SMILES string of the molecule is CN(C(=O)CCc1ncc(-c2ccc(F)cc2)o1)C1CCCCC1. The van der Waals surface area contributed by atoms with E-state index in [1.165, 1.54) is 31.4 Å². The molecule has 5 heteroatoms. The minimum Gasteiger partial charge on any atom is -0.441 e. The zero-order valence-electron chi connectivity index (χ0n) is 14.0. The van der Waals surface area contributed by atoms with Crippen molar-refractivity contribution in [2.75, 3.05) is 7.05 Å². The Morgan fingerprint density at radius 1 is 1.25 bits per heavy atom. The van der Waals surface area contributed by atoms with Crippen molar-refractivity contribution >= 4 is 5.91 Å². The lowest BCUT2D eigenvalue weighted by atomic mass is 9.94. The van der Waals surface area contributed by atoms with Gasteiger partial charge in [-0.1, -0.05) is 19.3 Å². The molecule has 0 N–H and O–H groups in total. The van der Waals surface area contributed by atoms with Crippen molar-refractivity contribution in [3.8, 4) is 11.3 Å². The van der Waals surface area contributed by atoms with Gasteiger partial charge in [0.15, 0.2) is 11.7 Å². The molecule has 1 aliphatic carbocycles. The van der Waals surface area contributed by atoms with Crippen LogP contribution < -0.4 is 0 Å². The summed E-state index contributed by atoms with van der Waals surface area (Å²) in [6.07, 6.45) is 8.42. The predicted octanol–water partition coefficient (Wildman–Crippen LogP) is 4.20. The summed E-state index contributed by atoms with van der Waals surface area (Å²) in [7, 11) is 1.90. The third kappa shape index (κ3) is 4.02. The molecule has 1 aliphatic rings. The zero-order chi connectivity index (χ0) is 16.9. The molecule has 1 fully saturated rings. The fraction of sp³-hybridized carbons (Fsp3) is 0.474. The summed E-state index contributed by atoms with van der Waals surface area (Å²) in [5.74, 6) is 0.996. The second-order valence-electron chi connectivity index (χ2n) is 6.42. The van der Waals surface area contributed by atoms with Gasteiger partial charge in [-0.25, -0.2) is 9.37 Å². The van der Waals surface area contributed by atoms with Crippen LogP contribution >= 0.6 is 0 Å². The van der Waals surface area contributed by atoms with Crippen molar-refractivity contribution in [3.63, 3.8) is 0 Å². The Hall–Kier alpha value is -2.17. The van der Waals surface area contributed by atoms with Gasteiger partial charge >= 0.3 is 0 Å². The molecule has 0 radical (unpaired) electrons. The van der Waals surface area contributed by atoms with E-state index in [1.807, 2.05) is 11.9 Å². The third-order valence-corrected chi connectivity index (χ3v) is 4.75. The van der Waals surface area contributed by atoms with Crippen molar-refractivity contribution in [1.82, 2.24) is 9.88 Å². The number of amides is 1. The van der Waals surface area contributed by atoms with Gasteiger partial charge in [-0.05, 0) is 37.1 Å². The first-order chi connectivity index (χ1) is 11.6. The first-order valence-electron chi connectivity index (χ1n) is 8.60. The monoisotopic (exact) mass is 330 g/mol. The molecule has 2 aromatic rings. The van der Waals surface area contributed by atoms with E-state index in [0.717, 1.165) is 18.4 Å². The third-order valence-electron chi connectivity index (χ3n) is 4.75. The number of benzene rings is 1. The molecule has 0 unspecified atom stereocenters. The predicted molar refractivity (Wildman–Crippen MR) is 89.9 cm³/mol. The van der Waals surface area contributed by atoms with Crippen LogP contribution in [-0.2, 0) is 11.2 Å². The zero-order valence-corrected chi connectivity index (χ0v) is 14.0. The van der Waals surface area contributed by atoms with Gasteiger partial charge in [0.05, 0.1) is 6.20 Å². The van der Waals surface area contributed by atoms with Crippen LogP contribution in [-0.4, -0.2) is 28.9 Å². The Kier molecular flexibility index (Phi) is 5.28. The molecule has 1 heterocycles. The summed E-state index contributed by atoms with van der Waals surface area (Å²) in [6, 6.07) is 6.47. The fourth-order valence-electron chi connectivity index (χ4n) is 3.24. The highest BCUT2D eigenvalue weighted by atomic mass is 19.1. The fourth-order valence-corrected chi connectivity index (χ4v) is 3.24. The molecule has 1 aromatic carbocycles. The van der Waals surface area contributed by atoms with Crippen molar-refractivity contribution in [3.05, 3.63) is 42.2 Å². The number of aromatic nitrogens is 1. The maximum absolute atomic E-state index is 13.0. The van der Waals surface area contributed by atoms with Gasteiger partial charge in [0.1, 0.15) is 5.82 Å². The van der Waals surface area contributed by atoms with E-state index in [2.05, 4.69) is 4.98 Å². The Bertz CT molecular complexity index is 675. The molecule has 1 amide bonds. The van der Waals surface area contributed by atoms with Crippen LogP contribution in [0.1, 0.15) is 44.4 Å². The number of aryl methyl sites for hydroxylation is 1. The summed E-state index contributed by atoms with van der Waals surface area (Å²) < 4.78 is 18.6. The van der Waals surface area contributed by atoms with E-state index in [-0.39, 0.29) is 11.7 Å². The molecule has 3 rings (SSSR count). The molecule has 4 nitrogen and oxygen atoms in total. The topological polar surface area (TPSA) is 46.3 Å². The Morgan fingerprint density at radius 3 is 2.67 bits per heavy atom. The molecule has 0 aliphatic heterocycles. The number of carbonyl (C=O) groups is 1. The number of hydrogen-bond donors (Lipinski definition) is 0. The Balaban J connectivity index is 1.55. The molecular formula is C19H23FN2O2. The second kappa shape index (κ2) is 7.60. The van der Waals surface area contributed by atoms with Crippen LogP contribution in [0.2, 0.25) is 0 Å². The molecule has 0 saturated heterocycles. The average Bonchev–Trinajstić information content (AvgIpc) is 3.09.